The van der Waals surface area contributed by atoms with E-state index in [1.807, 2.05) is 19.2 Å². The van der Waals surface area contributed by atoms with Crippen molar-refractivity contribution in [3.63, 3.8) is 0 Å². The number of quaternary nitrogens is 1. The molecule has 4 fully saturated rings. The highest BCUT2D eigenvalue weighted by molar-refractivity contribution is 5.88. The molecule has 4 aliphatic heterocycles. The Morgan fingerprint density at radius 3 is 1.96 bits per heavy atom. The summed E-state index contributed by atoms with van der Waals surface area (Å²) in [5.74, 6) is -1.92. The number of likely N-dealkylation sites (tertiary alicyclic amines) is 1. The van der Waals surface area contributed by atoms with Gasteiger partial charge in [0.1, 0.15) is 12.2 Å². The summed E-state index contributed by atoms with van der Waals surface area (Å²) in [6, 6.07) is 18.5. The molecule has 2 bridgehead atoms. The summed E-state index contributed by atoms with van der Waals surface area (Å²) in [5, 5.41) is 0. The first-order valence-electron chi connectivity index (χ1n) is 17.8. The van der Waals surface area contributed by atoms with Gasteiger partial charge in [-0.1, -0.05) is 60.7 Å². The van der Waals surface area contributed by atoms with Crippen LogP contribution in [0.1, 0.15) is 82.3 Å². The summed E-state index contributed by atoms with van der Waals surface area (Å²) in [5.41, 5.74) is -1.17. The van der Waals surface area contributed by atoms with E-state index < -0.39 is 36.0 Å². The first-order valence-corrected chi connectivity index (χ1v) is 17.8. The predicted molar refractivity (Wildman–Crippen MR) is 178 cm³/mol. The average molecular weight is 678 g/mol. The number of piperidine rings is 2. The largest absolute Gasteiger partial charge is 0.513 e. The molecule has 4 aliphatic rings. The van der Waals surface area contributed by atoms with Gasteiger partial charge < -0.3 is 33.1 Å². The molecular formula is C38H49N2O9+. The third kappa shape index (κ3) is 7.78. The van der Waals surface area contributed by atoms with Gasteiger partial charge in [-0.25, -0.2) is 9.59 Å². The van der Waals surface area contributed by atoms with Crippen LogP contribution in [0.2, 0.25) is 0 Å². The van der Waals surface area contributed by atoms with Crippen LogP contribution in [0.15, 0.2) is 60.7 Å². The molecule has 2 aromatic carbocycles. The lowest BCUT2D eigenvalue weighted by Crippen LogP contribution is -2.60. The van der Waals surface area contributed by atoms with Crippen LogP contribution in [-0.2, 0) is 43.7 Å². The molecule has 0 aliphatic carbocycles. The van der Waals surface area contributed by atoms with E-state index >= 15 is 0 Å². The number of nitrogens with zero attached hydrogens (tertiary/aromatic N) is 2. The molecule has 0 saturated carbocycles. The van der Waals surface area contributed by atoms with Crippen LogP contribution in [0.3, 0.4) is 0 Å². The van der Waals surface area contributed by atoms with Crippen molar-refractivity contribution in [1.82, 2.24) is 4.90 Å². The second-order valence-electron chi connectivity index (χ2n) is 14.1. The van der Waals surface area contributed by atoms with E-state index in [0.29, 0.717) is 29.8 Å². The Morgan fingerprint density at radius 2 is 1.37 bits per heavy atom. The van der Waals surface area contributed by atoms with E-state index in [1.54, 1.807) is 48.5 Å². The molecule has 0 amide bonds. The minimum atomic E-state index is -1.98. The number of rotatable bonds is 11. The molecule has 2 aromatic rings. The summed E-state index contributed by atoms with van der Waals surface area (Å²) in [6.45, 7) is 5.39. The van der Waals surface area contributed by atoms with Crippen molar-refractivity contribution in [2.45, 2.75) is 107 Å². The summed E-state index contributed by atoms with van der Waals surface area (Å²) >= 11 is 0. The zero-order chi connectivity index (χ0) is 34.4. The fraction of sp³-hybridized carbons (Fsp3) is 0.579. The second kappa shape index (κ2) is 15.3. The van der Waals surface area contributed by atoms with Gasteiger partial charge in [0.05, 0.1) is 38.0 Å². The summed E-state index contributed by atoms with van der Waals surface area (Å²) in [6.07, 6.45) is 4.61. The van der Waals surface area contributed by atoms with Crippen molar-refractivity contribution < 1.29 is 47.3 Å². The van der Waals surface area contributed by atoms with Crippen LogP contribution in [0.4, 0.5) is 4.79 Å². The van der Waals surface area contributed by atoms with E-state index in [4.69, 9.17) is 23.7 Å². The molecule has 11 nitrogen and oxygen atoms in total. The molecule has 6 rings (SSSR count). The Bertz CT molecular complexity index is 1410. The van der Waals surface area contributed by atoms with E-state index in [9.17, 15) is 19.2 Å². The topological polar surface area (TPSA) is 118 Å². The van der Waals surface area contributed by atoms with Crippen LogP contribution in [0.25, 0.3) is 0 Å². The summed E-state index contributed by atoms with van der Waals surface area (Å²) in [4.78, 5) is 54.9. The number of esters is 3. The molecular weight excluding hydrogens is 628 g/mol. The Morgan fingerprint density at radius 1 is 0.776 bits per heavy atom. The smallest absolute Gasteiger partial charge is 0.461 e. The number of benzene rings is 2. The third-order valence-corrected chi connectivity index (χ3v) is 10.9. The molecule has 49 heavy (non-hydrogen) atoms. The molecule has 4 heterocycles. The molecule has 0 radical (unpaired) electrons. The van der Waals surface area contributed by atoms with Gasteiger partial charge >= 0.3 is 24.1 Å². The van der Waals surface area contributed by atoms with Crippen molar-refractivity contribution in [3.05, 3.63) is 71.8 Å². The fourth-order valence-electron chi connectivity index (χ4n) is 8.67. The maximum Gasteiger partial charge on any atom is 0.513 e. The third-order valence-electron chi connectivity index (χ3n) is 10.9. The number of carbonyl (C=O) groups is 4. The zero-order valence-corrected chi connectivity index (χ0v) is 28.6. The van der Waals surface area contributed by atoms with Crippen LogP contribution in [0.5, 0.6) is 0 Å². The lowest BCUT2D eigenvalue weighted by molar-refractivity contribution is -0.956. The highest BCUT2D eigenvalue weighted by atomic mass is 16.8. The minimum absolute atomic E-state index is 0.157. The van der Waals surface area contributed by atoms with E-state index in [2.05, 4.69) is 4.90 Å². The van der Waals surface area contributed by atoms with Crippen molar-refractivity contribution in [1.29, 1.82) is 0 Å². The van der Waals surface area contributed by atoms with Crippen molar-refractivity contribution in [3.8, 4) is 0 Å². The van der Waals surface area contributed by atoms with Gasteiger partial charge in [0, 0.05) is 63.1 Å². The van der Waals surface area contributed by atoms with Crippen molar-refractivity contribution in [2.24, 2.45) is 0 Å². The Balaban J connectivity index is 1.12. The van der Waals surface area contributed by atoms with Gasteiger partial charge in [0.15, 0.2) is 0 Å². The first-order chi connectivity index (χ1) is 23.7. The zero-order valence-electron chi connectivity index (χ0n) is 28.6. The fourth-order valence-corrected chi connectivity index (χ4v) is 8.67. The Kier molecular flexibility index (Phi) is 10.9. The molecule has 4 unspecified atom stereocenters. The molecule has 0 aromatic heterocycles. The summed E-state index contributed by atoms with van der Waals surface area (Å²) in [7, 11) is 1.97. The van der Waals surface area contributed by atoms with Crippen LogP contribution < -0.4 is 0 Å². The number of carbonyl (C=O) groups excluding carboxylic acids is 4. The molecule has 0 N–H and O–H groups in total. The lowest BCUT2D eigenvalue weighted by atomic mass is 9.85. The Labute approximate surface area is 288 Å². The number of hydrogen-bond donors (Lipinski definition) is 0. The second-order valence-corrected chi connectivity index (χ2v) is 14.1. The maximum atomic E-state index is 14.5. The predicted octanol–water partition coefficient (Wildman–Crippen LogP) is 5.24. The number of likely N-dealkylation sites (N-methyl/N-ethyl adjacent to an activating group) is 1. The van der Waals surface area contributed by atoms with Gasteiger partial charge in [-0.2, -0.15) is 0 Å². The molecule has 4 atom stereocenters. The SMILES string of the molecule is CC(OC(=O)CCC(=O)OC1CCCN(C)C1)OC(=O)OC(C(=O)OC1CC2CCC(C1)[N+]21CCCC1)(c1ccccc1)c1ccccc1. The standard InChI is InChI=1S/C38H49N2O9/c1-27(45-34(41)19-20-35(42)47-32-16-11-21-39(2)26-32)46-37(44)49-38(28-12-5-3-6-13-28,29-14-7-4-8-15-29)36(43)48-33-24-30-17-18-31(25-33)40(30)22-9-10-23-40/h3-8,12-15,27,30-33H,9-11,16-26H2,1-2H3/q+1. The van der Waals surface area contributed by atoms with Gasteiger partial charge in [0.25, 0.3) is 5.60 Å². The number of ether oxygens (including phenoxy) is 5. The van der Waals surface area contributed by atoms with Crippen LogP contribution in [0, 0.1) is 0 Å². The molecule has 264 valence electrons. The summed E-state index contributed by atoms with van der Waals surface area (Å²) < 4.78 is 29.6. The van der Waals surface area contributed by atoms with Gasteiger partial charge in [-0.3, -0.25) is 9.59 Å². The quantitative estimate of drug-likeness (QED) is 0.135. The van der Waals surface area contributed by atoms with Crippen LogP contribution >= 0.6 is 0 Å². The minimum Gasteiger partial charge on any atom is -0.461 e. The molecule has 11 heteroatoms. The highest BCUT2D eigenvalue weighted by Crippen LogP contribution is 2.47. The first kappa shape index (κ1) is 34.9. The van der Waals surface area contributed by atoms with E-state index in [0.717, 1.165) is 49.6 Å². The Hall–Kier alpha value is -3.96. The highest BCUT2D eigenvalue weighted by Gasteiger charge is 2.57. The lowest BCUT2D eigenvalue weighted by Gasteiger charge is -2.47. The van der Waals surface area contributed by atoms with E-state index in [-0.39, 0.29) is 25.0 Å². The molecule has 4 saturated heterocycles. The normalized spacial score (nSPS) is 25.3. The van der Waals surface area contributed by atoms with Gasteiger partial charge in [0.2, 0.25) is 6.29 Å². The monoisotopic (exact) mass is 677 g/mol. The van der Waals surface area contributed by atoms with Gasteiger partial charge in [-0.05, 0) is 26.4 Å². The average Bonchev–Trinajstić information content (AvgIpc) is 3.63. The van der Waals surface area contributed by atoms with Crippen molar-refractivity contribution in [2.75, 3.05) is 33.2 Å². The maximum absolute atomic E-state index is 14.5. The van der Waals surface area contributed by atoms with Crippen LogP contribution in [-0.4, -0.2) is 97.3 Å². The molecule has 1 spiro atoms. The van der Waals surface area contributed by atoms with Crippen molar-refractivity contribution >= 4 is 24.1 Å². The van der Waals surface area contributed by atoms with E-state index in [1.165, 1.54) is 32.9 Å². The number of hydrogen-bond acceptors (Lipinski definition) is 10. The van der Waals surface area contributed by atoms with Gasteiger partial charge in [-0.15, -0.1) is 0 Å².